The molecule has 1 atom stereocenters. The molecule has 1 aliphatic carbocycles. The highest BCUT2D eigenvalue weighted by atomic mass is 16.6. The smallest absolute Gasteiger partial charge is 0.216 e. The van der Waals surface area contributed by atoms with E-state index in [4.69, 9.17) is 4.74 Å². The molecule has 0 amide bonds. The fraction of sp³-hybridized carbons (Fsp3) is 1.00. The van der Waals surface area contributed by atoms with Crippen LogP contribution in [0.15, 0.2) is 0 Å². The first-order chi connectivity index (χ1) is 7.29. The Morgan fingerprint density at radius 2 is 1.69 bits per heavy atom. The maximum atomic E-state index is 9.79. The van der Waals surface area contributed by atoms with Gasteiger partial charge in [-0.1, -0.05) is 27.7 Å². The molecule has 1 unspecified atom stereocenters. The van der Waals surface area contributed by atoms with Crippen molar-refractivity contribution in [2.24, 2.45) is 10.8 Å². The summed E-state index contributed by atoms with van der Waals surface area (Å²) in [5.41, 5.74) is 0.740. The minimum Gasteiger partial charge on any atom is -0.356 e. The van der Waals surface area contributed by atoms with Gasteiger partial charge >= 0.3 is 0 Å². The van der Waals surface area contributed by atoms with E-state index in [1.54, 1.807) is 0 Å². The van der Waals surface area contributed by atoms with Gasteiger partial charge in [-0.2, -0.15) is 0 Å². The van der Waals surface area contributed by atoms with Crippen LogP contribution in [0.25, 0.3) is 0 Å². The van der Waals surface area contributed by atoms with Crippen LogP contribution in [0.1, 0.15) is 47.0 Å². The topological polar surface area (TPSA) is 32.7 Å². The van der Waals surface area contributed by atoms with Crippen LogP contribution < -0.4 is 0 Å². The fourth-order valence-electron chi connectivity index (χ4n) is 3.85. The maximum absolute atomic E-state index is 9.79. The minimum atomic E-state index is -0.672. The number of hydrogen-bond acceptors (Lipinski definition) is 3. The summed E-state index contributed by atoms with van der Waals surface area (Å²) in [6.45, 7) is 10.9. The molecule has 1 aliphatic heterocycles. The van der Waals surface area contributed by atoms with Gasteiger partial charge in [0.1, 0.15) is 0 Å². The monoisotopic (exact) mass is 227 g/mol. The van der Waals surface area contributed by atoms with Crippen molar-refractivity contribution < 1.29 is 9.84 Å². The molecule has 2 fully saturated rings. The molecule has 3 nitrogen and oxygen atoms in total. The zero-order valence-electron chi connectivity index (χ0n) is 11.0. The number of aliphatic hydroxyl groups excluding tert-OH is 1. The summed E-state index contributed by atoms with van der Waals surface area (Å²) in [7, 11) is 0. The Bertz CT molecular complexity index is 247. The third-order valence-electron chi connectivity index (χ3n) is 3.90. The van der Waals surface area contributed by atoms with Crippen LogP contribution in [0, 0.1) is 10.8 Å². The maximum Gasteiger partial charge on any atom is 0.216 e. The molecule has 2 rings (SSSR count). The van der Waals surface area contributed by atoms with Crippen molar-refractivity contribution in [1.29, 1.82) is 0 Å². The summed E-state index contributed by atoms with van der Waals surface area (Å²) < 4.78 is 5.24. The molecular formula is C13H25NO2. The van der Waals surface area contributed by atoms with Gasteiger partial charge in [-0.3, -0.25) is 0 Å². The number of nitrogens with zero attached hydrogens (tertiary/aromatic N) is 1. The van der Waals surface area contributed by atoms with Crippen molar-refractivity contribution in [2.75, 3.05) is 13.2 Å². The van der Waals surface area contributed by atoms with Crippen molar-refractivity contribution in [3.63, 3.8) is 0 Å². The number of aliphatic hydroxyl groups is 1. The molecule has 0 bridgehead atoms. The van der Waals surface area contributed by atoms with E-state index in [0.29, 0.717) is 23.5 Å². The van der Waals surface area contributed by atoms with E-state index in [1.807, 2.05) is 0 Å². The van der Waals surface area contributed by atoms with E-state index in [0.717, 1.165) is 19.4 Å². The highest BCUT2D eigenvalue weighted by molar-refractivity contribution is 4.93. The van der Waals surface area contributed by atoms with Crippen molar-refractivity contribution >= 4 is 0 Å². The third-order valence-corrected chi connectivity index (χ3v) is 3.90. The lowest BCUT2D eigenvalue weighted by molar-refractivity contribution is -0.157. The third kappa shape index (κ3) is 2.58. The first-order valence-corrected chi connectivity index (χ1v) is 6.35. The standard InChI is InChI=1S/C13H25NO2/c1-12(2)7-10(8-13(3,4)9-12)14-5-6-16-11(14)15/h10-11,15H,5-9H2,1-4H3. The Morgan fingerprint density at radius 3 is 2.12 bits per heavy atom. The molecule has 0 aromatic carbocycles. The highest BCUT2D eigenvalue weighted by Gasteiger charge is 2.43. The molecule has 94 valence electrons. The van der Waals surface area contributed by atoms with Crippen LogP contribution in [0.5, 0.6) is 0 Å². The lowest BCUT2D eigenvalue weighted by Crippen LogP contribution is -2.48. The van der Waals surface area contributed by atoms with Crippen LogP contribution in [-0.4, -0.2) is 35.6 Å². The first kappa shape index (κ1) is 12.3. The molecule has 0 spiro atoms. The molecule has 0 aromatic rings. The highest BCUT2D eigenvalue weighted by Crippen LogP contribution is 2.47. The SMILES string of the molecule is CC1(C)CC(N2CCOC2O)CC(C)(C)C1. The number of hydrogen-bond donors (Lipinski definition) is 1. The minimum absolute atomic E-state index is 0.370. The van der Waals surface area contributed by atoms with Gasteiger partial charge in [0.15, 0.2) is 0 Å². The van der Waals surface area contributed by atoms with Gasteiger partial charge in [-0.15, -0.1) is 0 Å². The molecule has 1 heterocycles. The molecule has 0 radical (unpaired) electrons. The summed E-state index contributed by atoms with van der Waals surface area (Å²) in [6.07, 6.45) is 2.92. The van der Waals surface area contributed by atoms with Crippen LogP contribution in [0.4, 0.5) is 0 Å². The normalized spacial score (nSPS) is 35.4. The van der Waals surface area contributed by atoms with E-state index in [-0.39, 0.29) is 0 Å². The van der Waals surface area contributed by atoms with E-state index in [1.165, 1.54) is 6.42 Å². The predicted molar refractivity (Wildman–Crippen MR) is 63.9 cm³/mol. The first-order valence-electron chi connectivity index (χ1n) is 6.35. The van der Waals surface area contributed by atoms with E-state index >= 15 is 0 Å². The Balaban J connectivity index is 2.10. The number of rotatable bonds is 1. The summed E-state index contributed by atoms with van der Waals surface area (Å²) in [5.74, 6) is 0. The second-order valence-corrected chi connectivity index (χ2v) is 7.00. The predicted octanol–water partition coefficient (Wildman–Crippen LogP) is 2.20. The van der Waals surface area contributed by atoms with Crippen molar-refractivity contribution in [3.05, 3.63) is 0 Å². The Hall–Kier alpha value is -0.120. The molecule has 1 saturated carbocycles. The lowest BCUT2D eigenvalue weighted by Gasteiger charge is -2.47. The molecule has 3 heteroatoms. The zero-order valence-corrected chi connectivity index (χ0v) is 11.0. The van der Waals surface area contributed by atoms with E-state index in [9.17, 15) is 5.11 Å². The van der Waals surface area contributed by atoms with Gasteiger partial charge in [0.05, 0.1) is 6.61 Å². The Kier molecular flexibility index (Phi) is 3.06. The van der Waals surface area contributed by atoms with Gasteiger partial charge in [0.2, 0.25) is 6.41 Å². The summed E-state index contributed by atoms with van der Waals surface area (Å²) in [6, 6.07) is 0.469. The fourth-order valence-corrected chi connectivity index (χ4v) is 3.85. The zero-order chi connectivity index (χ0) is 12.0. The van der Waals surface area contributed by atoms with Gasteiger partial charge in [-0.25, -0.2) is 4.90 Å². The molecule has 0 aromatic heterocycles. The van der Waals surface area contributed by atoms with Gasteiger partial charge in [0.25, 0.3) is 0 Å². The van der Waals surface area contributed by atoms with E-state index < -0.39 is 6.41 Å². The molecule has 1 saturated heterocycles. The van der Waals surface area contributed by atoms with Gasteiger partial charge in [-0.05, 0) is 30.1 Å². The number of ether oxygens (including phenoxy) is 1. The molecular weight excluding hydrogens is 202 g/mol. The van der Waals surface area contributed by atoms with Crippen LogP contribution in [0.3, 0.4) is 0 Å². The largest absolute Gasteiger partial charge is 0.356 e. The van der Waals surface area contributed by atoms with Gasteiger partial charge < -0.3 is 9.84 Å². The van der Waals surface area contributed by atoms with Crippen LogP contribution in [0.2, 0.25) is 0 Å². The summed E-state index contributed by atoms with van der Waals surface area (Å²) in [5, 5.41) is 9.79. The van der Waals surface area contributed by atoms with Gasteiger partial charge in [0, 0.05) is 12.6 Å². The second-order valence-electron chi connectivity index (χ2n) is 7.00. The van der Waals surface area contributed by atoms with Crippen molar-refractivity contribution in [1.82, 2.24) is 4.90 Å². The van der Waals surface area contributed by atoms with Crippen molar-refractivity contribution in [2.45, 2.75) is 59.4 Å². The quantitative estimate of drug-likeness (QED) is 0.745. The Labute approximate surface area is 98.8 Å². The van der Waals surface area contributed by atoms with E-state index in [2.05, 4.69) is 32.6 Å². The lowest BCUT2D eigenvalue weighted by atomic mass is 9.63. The average molecular weight is 227 g/mol. The second kappa shape index (κ2) is 3.97. The average Bonchev–Trinajstić information content (AvgIpc) is 2.45. The molecule has 1 N–H and O–H groups in total. The molecule has 16 heavy (non-hydrogen) atoms. The molecule has 2 aliphatic rings. The van der Waals surface area contributed by atoms with Crippen LogP contribution in [-0.2, 0) is 4.74 Å². The summed E-state index contributed by atoms with van der Waals surface area (Å²) >= 11 is 0. The summed E-state index contributed by atoms with van der Waals surface area (Å²) in [4.78, 5) is 2.13. The van der Waals surface area contributed by atoms with Crippen LogP contribution >= 0.6 is 0 Å². The Morgan fingerprint density at radius 1 is 1.12 bits per heavy atom. The van der Waals surface area contributed by atoms with Crippen molar-refractivity contribution in [3.8, 4) is 0 Å².